The fraction of sp³-hybridized carbons (Fsp3) is 0.474. The van der Waals surface area contributed by atoms with Gasteiger partial charge in [0.05, 0.1) is 6.61 Å². The van der Waals surface area contributed by atoms with Gasteiger partial charge in [0.1, 0.15) is 17.6 Å². The summed E-state index contributed by atoms with van der Waals surface area (Å²) < 4.78 is 7.57. The van der Waals surface area contributed by atoms with Crippen molar-refractivity contribution in [2.24, 2.45) is 0 Å². The van der Waals surface area contributed by atoms with Crippen molar-refractivity contribution >= 4 is 5.91 Å². The van der Waals surface area contributed by atoms with Crippen LogP contribution in [0.25, 0.3) is 0 Å². The van der Waals surface area contributed by atoms with Crippen LogP contribution in [0.2, 0.25) is 0 Å². The summed E-state index contributed by atoms with van der Waals surface area (Å²) in [5.74, 6) is 2.20. The van der Waals surface area contributed by atoms with Gasteiger partial charge in [0.15, 0.2) is 0 Å². The molecule has 0 fully saturated rings. The maximum atomic E-state index is 12.5. The SMILES string of the molecule is CC(C)c1nccn1[C@@H](C)C(=O)NCc1ccc2c(c1)CCCO2. The molecular formula is C19H25N3O2. The molecule has 0 saturated heterocycles. The zero-order chi connectivity index (χ0) is 17.1. The number of carbonyl (C=O) groups is 1. The van der Waals surface area contributed by atoms with Gasteiger partial charge < -0.3 is 14.6 Å². The van der Waals surface area contributed by atoms with Crippen molar-refractivity contribution in [2.45, 2.75) is 52.1 Å². The van der Waals surface area contributed by atoms with E-state index in [1.54, 1.807) is 6.20 Å². The van der Waals surface area contributed by atoms with Crippen LogP contribution < -0.4 is 10.1 Å². The van der Waals surface area contributed by atoms with Crippen LogP contribution in [0.5, 0.6) is 5.75 Å². The number of aryl methyl sites for hydroxylation is 1. The van der Waals surface area contributed by atoms with Gasteiger partial charge in [-0.25, -0.2) is 4.98 Å². The molecule has 1 aliphatic rings. The van der Waals surface area contributed by atoms with Crippen LogP contribution in [-0.2, 0) is 17.8 Å². The first kappa shape index (κ1) is 16.6. The third-order valence-electron chi connectivity index (χ3n) is 4.45. The van der Waals surface area contributed by atoms with Gasteiger partial charge >= 0.3 is 0 Å². The van der Waals surface area contributed by atoms with Gasteiger partial charge in [-0.3, -0.25) is 4.79 Å². The number of ether oxygens (including phenoxy) is 1. The zero-order valence-electron chi connectivity index (χ0n) is 14.6. The smallest absolute Gasteiger partial charge is 0.243 e. The summed E-state index contributed by atoms with van der Waals surface area (Å²) >= 11 is 0. The quantitative estimate of drug-likeness (QED) is 0.917. The highest BCUT2D eigenvalue weighted by Crippen LogP contribution is 2.25. The maximum absolute atomic E-state index is 12.5. The van der Waals surface area contributed by atoms with E-state index in [9.17, 15) is 4.79 Å². The molecule has 1 aromatic carbocycles. The van der Waals surface area contributed by atoms with Gasteiger partial charge in [-0.2, -0.15) is 0 Å². The second-order valence-corrected chi connectivity index (χ2v) is 6.64. The first-order valence-electron chi connectivity index (χ1n) is 8.61. The Balaban J connectivity index is 1.64. The molecule has 1 atom stereocenters. The topological polar surface area (TPSA) is 56.2 Å². The fourth-order valence-electron chi connectivity index (χ4n) is 3.09. The van der Waals surface area contributed by atoms with E-state index in [-0.39, 0.29) is 17.9 Å². The normalized spacial score (nSPS) is 14.8. The molecule has 1 N–H and O–H groups in total. The third kappa shape index (κ3) is 3.45. The van der Waals surface area contributed by atoms with E-state index in [0.717, 1.165) is 36.6 Å². The van der Waals surface area contributed by atoms with Gasteiger partial charge in [0, 0.05) is 24.9 Å². The second kappa shape index (κ2) is 7.07. The van der Waals surface area contributed by atoms with Crippen molar-refractivity contribution < 1.29 is 9.53 Å². The Morgan fingerprint density at radius 1 is 1.38 bits per heavy atom. The molecule has 128 valence electrons. The summed E-state index contributed by atoms with van der Waals surface area (Å²) in [4.78, 5) is 16.8. The Hall–Kier alpha value is -2.30. The molecule has 2 aromatic rings. The van der Waals surface area contributed by atoms with Gasteiger partial charge in [0.2, 0.25) is 5.91 Å². The van der Waals surface area contributed by atoms with Gasteiger partial charge in [-0.15, -0.1) is 0 Å². The number of nitrogens with zero attached hydrogens (tertiary/aromatic N) is 2. The van der Waals surface area contributed by atoms with E-state index in [4.69, 9.17) is 4.74 Å². The number of benzene rings is 1. The van der Waals surface area contributed by atoms with Crippen molar-refractivity contribution in [3.8, 4) is 5.75 Å². The number of amides is 1. The summed E-state index contributed by atoms with van der Waals surface area (Å²) in [7, 11) is 0. The summed E-state index contributed by atoms with van der Waals surface area (Å²) in [5, 5.41) is 3.03. The molecule has 0 spiro atoms. The van der Waals surface area contributed by atoms with Crippen LogP contribution in [0.1, 0.15) is 56.1 Å². The van der Waals surface area contributed by atoms with Crippen molar-refractivity contribution in [3.05, 3.63) is 47.5 Å². The largest absolute Gasteiger partial charge is 0.493 e. The minimum atomic E-state index is -0.272. The fourth-order valence-corrected chi connectivity index (χ4v) is 3.09. The molecule has 5 heteroatoms. The van der Waals surface area contributed by atoms with Gasteiger partial charge in [0.25, 0.3) is 0 Å². The van der Waals surface area contributed by atoms with Crippen LogP contribution in [0, 0.1) is 0 Å². The summed E-state index contributed by atoms with van der Waals surface area (Å²) in [6.07, 6.45) is 5.72. The minimum absolute atomic E-state index is 0.00358. The zero-order valence-corrected chi connectivity index (χ0v) is 14.6. The lowest BCUT2D eigenvalue weighted by atomic mass is 10.0. The molecule has 0 bridgehead atoms. The van der Waals surface area contributed by atoms with E-state index in [1.807, 2.05) is 29.8 Å². The van der Waals surface area contributed by atoms with Crippen molar-refractivity contribution in [3.63, 3.8) is 0 Å². The number of carbonyl (C=O) groups excluding carboxylic acids is 1. The molecule has 0 radical (unpaired) electrons. The van der Waals surface area contributed by atoms with E-state index in [2.05, 4.69) is 30.2 Å². The summed E-state index contributed by atoms with van der Waals surface area (Å²) in [5.41, 5.74) is 2.34. The van der Waals surface area contributed by atoms with Crippen LogP contribution in [0.15, 0.2) is 30.6 Å². The van der Waals surface area contributed by atoms with Crippen LogP contribution in [0.3, 0.4) is 0 Å². The number of imidazole rings is 1. The molecule has 0 aliphatic carbocycles. The van der Waals surface area contributed by atoms with E-state index in [1.165, 1.54) is 5.56 Å². The lowest BCUT2D eigenvalue weighted by Gasteiger charge is -2.19. The third-order valence-corrected chi connectivity index (χ3v) is 4.45. The van der Waals surface area contributed by atoms with E-state index < -0.39 is 0 Å². The first-order valence-corrected chi connectivity index (χ1v) is 8.61. The Kier molecular flexibility index (Phi) is 4.88. The second-order valence-electron chi connectivity index (χ2n) is 6.64. The maximum Gasteiger partial charge on any atom is 0.243 e. The van der Waals surface area contributed by atoms with Crippen LogP contribution in [0.4, 0.5) is 0 Å². The van der Waals surface area contributed by atoms with Crippen molar-refractivity contribution in [1.29, 1.82) is 0 Å². The highest BCUT2D eigenvalue weighted by atomic mass is 16.5. The van der Waals surface area contributed by atoms with E-state index in [0.29, 0.717) is 6.54 Å². The molecule has 1 amide bonds. The molecule has 1 aromatic heterocycles. The highest BCUT2D eigenvalue weighted by Gasteiger charge is 2.19. The lowest BCUT2D eigenvalue weighted by molar-refractivity contribution is -0.124. The van der Waals surface area contributed by atoms with Gasteiger partial charge in [-0.05, 0) is 37.0 Å². The predicted molar refractivity (Wildman–Crippen MR) is 93.1 cm³/mol. The standard InChI is InChI=1S/C19H25N3O2/c1-13(2)18-20-8-9-22(18)14(3)19(23)21-12-15-6-7-17-16(11-15)5-4-10-24-17/h6-9,11,13-14H,4-5,10,12H2,1-3H3,(H,21,23)/t14-/m0/s1. The average Bonchev–Trinajstić information content (AvgIpc) is 3.08. The lowest BCUT2D eigenvalue weighted by Crippen LogP contribution is -2.31. The van der Waals surface area contributed by atoms with Crippen molar-refractivity contribution in [2.75, 3.05) is 6.61 Å². The molecule has 2 heterocycles. The minimum Gasteiger partial charge on any atom is -0.493 e. The number of hydrogen-bond donors (Lipinski definition) is 1. The monoisotopic (exact) mass is 327 g/mol. The van der Waals surface area contributed by atoms with E-state index >= 15 is 0 Å². The molecule has 3 rings (SSSR count). The Morgan fingerprint density at radius 3 is 3.00 bits per heavy atom. The van der Waals surface area contributed by atoms with Crippen LogP contribution >= 0.6 is 0 Å². The Morgan fingerprint density at radius 2 is 2.21 bits per heavy atom. The molecule has 24 heavy (non-hydrogen) atoms. The number of fused-ring (bicyclic) bond motifs is 1. The predicted octanol–water partition coefficient (Wildman–Crippen LogP) is 3.21. The van der Waals surface area contributed by atoms with Gasteiger partial charge in [-0.1, -0.05) is 26.0 Å². The van der Waals surface area contributed by atoms with Crippen molar-refractivity contribution in [1.82, 2.24) is 14.9 Å². The Bertz CT molecular complexity index is 721. The molecule has 0 unspecified atom stereocenters. The molecule has 0 saturated carbocycles. The summed E-state index contributed by atoms with van der Waals surface area (Å²) in [6, 6.07) is 5.89. The Labute approximate surface area is 143 Å². The number of hydrogen-bond acceptors (Lipinski definition) is 3. The number of nitrogens with one attached hydrogen (secondary N) is 1. The summed E-state index contributed by atoms with van der Waals surface area (Å²) in [6.45, 7) is 7.40. The molecular weight excluding hydrogens is 302 g/mol. The van der Waals surface area contributed by atoms with Crippen LogP contribution in [-0.4, -0.2) is 22.1 Å². The molecule has 1 aliphatic heterocycles. The first-order chi connectivity index (χ1) is 11.6. The number of rotatable bonds is 5. The average molecular weight is 327 g/mol. The molecule has 5 nitrogen and oxygen atoms in total. The highest BCUT2D eigenvalue weighted by molar-refractivity contribution is 5.80. The number of aromatic nitrogens is 2.